The molecule has 0 saturated carbocycles. The van der Waals surface area contributed by atoms with Gasteiger partial charge in [-0.3, -0.25) is 15.8 Å². The van der Waals surface area contributed by atoms with Crippen molar-refractivity contribution in [3.63, 3.8) is 0 Å². The van der Waals surface area contributed by atoms with Crippen LogP contribution >= 0.6 is 24.8 Å². The highest BCUT2D eigenvalue weighted by Crippen LogP contribution is 2.22. The van der Waals surface area contributed by atoms with Crippen LogP contribution in [0.3, 0.4) is 0 Å². The first kappa shape index (κ1) is 21.1. The molecule has 0 aliphatic carbocycles. The number of amidine groups is 2. The molecule has 134 valence electrons. The molecule has 0 fully saturated rings. The van der Waals surface area contributed by atoms with Crippen LogP contribution in [0.25, 0.3) is 22.5 Å². The Kier molecular flexibility index (Phi) is 7.25. The van der Waals surface area contributed by atoms with E-state index in [1.54, 1.807) is 36.7 Å². The molecule has 8 heteroatoms. The summed E-state index contributed by atoms with van der Waals surface area (Å²) in [6.45, 7) is 0. The highest BCUT2D eigenvalue weighted by molar-refractivity contribution is 5.95. The zero-order chi connectivity index (χ0) is 17.1. The molecule has 0 atom stereocenters. The van der Waals surface area contributed by atoms with Crippen LogP contribution in [0.4, 0.5) is 0 Å². The largest absolute Gasteiger partial charge is 0.384 e. The standard InChI is InChI=1S/C18H16N6.2ClH/c19-17(20)13-5-1-11(2-6-13)15-9-23-10-16(24-15)12-3-7-14(8-4-12)18(21)22;;/h1-10H,(H3,19,20)(H3,21,22);2*1H. The Labute approximate surface area is 163 Å². The van der Waals surface area contributed by atoms with E-state index in [1.807, 2.05) is 24.3 Å². The fourth-order valence-electron chi connectivity index (χ4n) is 2.29. The summed E-state index contributed by atoms with van der Waals surface area (Å²) in [4.78, 5) is 8.89. The second-order valence-corrected chi connectivity index (χ2v) is 5.27. The molecule has 6 nitrogen and oxygen atoms in total. The molecule has 3 rings (SSSR count). The van der Waals surface area contributed by atoms with E-state index in [-0.39, 0.29) is 36.5 Å². The maximum absolute atomic E-state index is 7.43. The maximum atomic E-state index is 7.43. The lowest BCUT2D eigenvalue weighted by molar-refractivity contribution is 1.21. The third-order valence-electron chi connectivity index (χ3n) is 3.62. The lowest BCUT2D eigenvalue weighted by Gasteiger charge is -2.06. The van der Waals surface area contributed by atoms with Crippen molar-refractivity contribution in [3.05, 3.63) is 72.1 Å². The second kappa shape index (κ2) is 8.94. The number of nitrogens with zero attached hydrogens (tertiary/aromatic N) is 2. The predicted octanol–water partition coefficient (Wildman–Crippen LogP) is 3.22. The molecule has 0 radical (unpaired) electrons. The van der Waals surface area contributed by atoms with E-state index < -0.39 is 0 Å². The maximum Gasteiger partial charge on any atom is 0.122 e. The van der Waals surface area contributed by atoms with Gasteiger partial charge in [0, 0.05) is 22.3 Å². The number of aromatic nitrogens is 2. The third-order valence-corrected chi connectivity index (χ3v) is 3.62. The fraction of sp³-hybridized carbons (Fsp3) is 0. The second-order valence-electron chi connectivity index (χ2n) is 5.27. The number of nitrogens with two attached hydrogens (primary N) is 2. The van der Waals surface area contributed by atoms with Gasteiger partial charge in [0.1, 0.15) is 11.7 Å². The Hall–Kier alpha value is -2.96. The Morgan fingerprint density at radius 3 is 1.31 bits per heavy atom. The molecule has 0 aliphatic heterocycles. The minimum atomic E-state index is 0. The number of hydrogen-bond acceptors (Lipinski definition) is 4. The summed E-state index contributed by atoms with van der Waals surface area (Å²) >= 11 is 0. The number of rotatable bonds is 4. The van der Waals surface area contributed by atoms with Crippen molar-refractivity contribution in [2.24, 2.45) is 11.5 Å². The number of hydrogen-bond donors (Lipinski definition) is 4. The fourth-order valence-corrected chi connectivity index (χ4v) is 2.29. The van der Waals surface area contributed by atoms with Gasteiger partial charge in [-0.15, -0.1) is 24.8 Å². The van der Waals surface area contributed by atoms with Crippen LogP contribution in [0.5, 0.6) is 0 Å². The smallest absolute Gasteiger partial charge is 0.122 e. The van der Waals surface area contributed by atoms with Gasteiger partial charge in [-0.05, 0) is 0 Å². The minimum absolute atomic E-state index is 0. The van der Waals surface area contributed by atoms with Gasteiger partial charge < -0.3 is 11.5 Å². The summed E-state index contributed by atoms with van der Waals surface area (Å²) in [7, 11) is 0. The third kappa shape index (κ3) is 4.56. The van der Waals surface area contributed by atoms with Crippen LogP contribution in [0.2, 0.25) is 0 Å². The van der Waals surface area contributed by atoms with Crippen molar-refractivity contribution in [1.82, 2.24) is 9.97 Å². The molecule has 3 aromatic rings. The van der Waals surface area contributed by atoms with Crippen LogP contribution in [0.15, 0.2) is 60.9 Å². The number of nitrogen functional groups attached to an aromatic ring is 2. The van der Waals surface area contributed by atoms with Crippen LogP contribution in [-0.2, 0) is 0 Å². The van der Waals surface area contributed by atoms with Crippen LogP contribution in [-0.4, -0.2) is 21.6 Å². The molecule has 6 N–H and O–H groups in total. The van der Waals surface area contributed by atoms with Crippen LogP contribution in [0, 0.1) is 10.8 Å². The molecule has 0 saturated heterocycles. The molecule has 1 aromatic heterocycles. The highest BCUT2D eigenvalue weighted by Gasteiger charge is 2.06. The SMILES string of the molecule is Cl.Cl.N=C(N)c1ccc(-c2cncc(-c3ccc(C(=N)N)cc3)n2)cc1. The monoisotopic (exact) mass is 388 g/mol. The quantitative estimate of drug-likeness (QED) is 0.404. The predicted molar refractivity (Wildman–Crippen MR) is 109 cm³/mol. The molecule has 0 bridgehead atoms. The molecule has 0 amide bonds. The van der Waals surface area contributed by atoms with E-state index in [4.69, 9.17) is 22.3 Å². The summed E-state index contributed by atoms with van der Waals surface area (Å²) in [5.74, 6) is 0.0684. The minimum Gasteiger partial charge on any atom is -0.384 e. The van der Waals surface area contributed by atoms with Crippen LogP contribution in [0.1, 0.15) is 11.1 Å². The molecule has 0 unspecified atom stereocenters. The van der Waals surface area contributed by atoms with Crippen molar-refractivity contribution < 1.29 is 0 Å². The van der Waals surface area contributed by atoms with E-state index in [2.05, 4.69) is 9.97 Å². The van der Waals surface area contributed by atoms with Gasteiger partial charge in [-0.1, -0.05) is 48.5 Å². The lowest BCUT2D eigenvalue weighted by atomic mass is 10.1. The Morgan fingerprint density at radius 1 is 0.654 bits per heavy atom. The van der Waals surface area contributed by atoms with Gasteiger partial charge in [0.15, 0.2) is 0 Å². The molecular formula is C18H18Cl2N6. The topological polar surface area (TPSA) is 126 Å². The van der Waals surface area contributed by atoms with E-state index in [0.717, 1.165) is 22.5 Å². The molecular weight excluding hydrogens is 371 g/mol. The Morgan fingerprint density at radius 2 is 1.00 bits per heavy atom. The molecule has 26 heavy (non-hydrogen) atoms. The summed E-state index contributed by atoms with van der Waals surface area (Å²) < 4.78 is 0. The average molecular weight is 389 g/mol. The van der Waals surface area contributed by atoms with Crippen molar-refractivity contribution in [2.45, 2.75) is 0 Å². The molecule has 2 aromatic carbocycles. The van der Waals surface area contributed by atoms with Crippen molar-refractivity contribution in [1.29, 1.82) is 10.8 Å². The van der Waals surface area contributed by atoms with Gasteiger partial charge in [0.2, 0.25) is 0 Å². The lowest BCUT2D eigenvalue weighted by Crippen LogP contribution is -2.10. The number of benzene rings is 2. The van der Waals surface area contributed by atoms with E-state index in [9.17, 15) is 0 Å². The molecule has 1 heterocycles. The van der Waals surface area contributed by atoms with E-state index in [1.165, 1.54) is 0 Å². The van der Waals surface area contributed by atoms with Crippen molar-refractivity contribution in [3.8, 4) is 22.5 Å². The zero-order valence-corrected chi connectivity index (χ0v) is 15.3. The average Bonchev–Trinajstić information content (AvgIpc) is 2.62. The van der Waals surface area contributed by atoms with Crippen LogP contribution < -0.4 is 11.5 Å². The van der Waals surface area contributed by atoms with Crippen molar-refractivity contribution in [2.75, 3.05) is 0 Å². The Balaban J connectivity index is 0.00000169. The zero-order valence-electron chi connectivity index (χ0n) is 13.6. The first-order chi connectivity index (χ1) is 11.5. The number of halogens is 2. The summed E-state index contributed by atoms with van der Waals surface area (Å²) in [5.41, 5.74) is 15.5. The number of nitrogens with one attached hydrogen (secondary N) is 2. The molecule has 0 spiro atoms. The van der Waals surface area contributed by atoms with Crippen molar-refractivity contribution >= 4 is 36.5 Å². The van der Waals surface area contributed by atoms with Gasteiger partial charge in [0.25, 0.3) is 0 Å². The first-order valence-electron chi connectivity index (χ1n) is 7.26. The first-order valence-corrected chi connectivity index (χ1v) is 7.26. The van der Waals surface area contributed by atoms with E-state index in [0.29, 0.717) is 11.1 Å². The summed E-state index contributed by atoms with van der Waals surface area (Å²) in [6.07, 6.45) is 3.38. The summed E-state index contributed by atoms with van der Waals surface area (Å²) in [6, 6.07) is 14.6. The van der Waals surface area contributed by atoms with Gasteiger partial charge in [-0.25, -0.2) is 4.98 Å². The van der Waals surface area contributed by atoms with E-state index >= 15 is 0 Å². The molecule has 0 aliphatic rings. The van der Waals surface area contributed by atoms with Gasteiger partial charge in [0.05, 0.1) is 23.8 Å². The van der Waals surface area contributed by atoms with Gasteiger partial charge >= 0.3 is 0 Å². The normalized spacial score (nSPS) is 9.54. The Bertz CT molecular complexity index is 835. The van der Waals surface area contributed by atoms with Gasteiger partial charge in [-0.2, -0.15) is 0 Å². The summed E-state index contributed by atoms with van der Waals surface area (Å²) in [5, 5.41) is 14.9. The highest BCUT2D eigenvalue weighted by atomic mass is 35.5.